The molecule has 2 atom stereocenters. The average molecular weight is 330 g/mol. The predicted molar refractivity (Wildman–Crippen MR) is 97.8 cm³/mol. The molecule has 0 fully saturated rings. The van der Waals surface area contributed by atoms with Crippen LogP contribution in [0.1, 0.15) is 54.9 Å². The molecule has 0 spiro atoms. The molecule has 0 saturated heterocycles. The molecule has 2 aromatic rings. The van der Waals surface area contributed by atoms with Gasteiger partial charge in [0.15, 0.2) is 0 Å². The SMILES string of the molecule is Cc1ccc(C(N[S+]([O-])C(C)(C)C)c2cccc(C)n2)c(C)c1. The second-order valence-corrected chi connectivity index (χ2v) is 8.99. The first-order valence-electron chi connectivity index (χ1n) is 7.87. The number of nitrogens with zero attached hydrogens (tertiary/aromatic N) is 1. The molecule has 0 radical (unpaired) electrons. The summed E-state index contributed by atoms with van der Waals surface area (Å²) in [7, 11) is 0. The zero-order valence-corrected chi connectivity index (χ0v) is 15.6. The first-order valence-corrected chi connectivity index (χ1v) is 9.02. The van der Waals surface area contributed by atoms with E-state index in [-0.39, 0.29) is 10.8 Å². The summed E-state index contributed by atoms with van der Waals surface area (Å²) in [6.45, 7) is 12.1. The van der Waals surface area contributed by atoms with Crippen LogP contribution in [0.15, 0.2) is 36.4 Å². The number of pyridine rings is 1. The Morgan fingerprint density at radius 2 is 1.78 bits per heavy atom. The van der Waals surface area contributed by atoms with Gasteiger partial charge < -0.3 is 4.55 Å². The van der Waals surface area contributed by atoms with Crippen LogP contribution < -0.4 is 4.72 Å². The van der Waals surface area contributed by atoms with Gasteiger partial charge >= 0.3 is 0 Å². The van der Waals surface area contributed by atoms with Crippen LogP contribution in [-0.4, -0.2) is 14.3 Å². The Labute approximate surface area is 142 Å². The maximum absolute atomic E-state index is 12.7. The molecule has 0 bridgehead atoms. The summed E-state index contributed by atoms with van der Waals surface area (Å²) in [4.78, 5) is 4.65. The highest BCUT2D eigenvalue weighted by Crippen LogP contribution is 2.27. The monoisotopic (exact) mass is 330 g/mol. The fourth-order valence-corrected chi connectivity index (χ4v) is 3.26. The van der Waals surface area contributed by atoms with E-state index in [1.54, 1.807) is 0 Å². The third-order valence-electron chi connectivity index (χ3n) is 3.72. The summed E-state index contributed by atoms with van der Waals surface area (Å²) in [5.41, 5.74) is 5.37. The van der Waals surface area contributed by atoms with Crippen molar-refractivity contribution in [3.8, 4) is 0 Å². The first kappa shape index (κ1) is 18.0. The molecule has 2 rings (SSSR count). The third kappa shape index (κ3) is 4.56. The van der Waals surface area contributed by atoms with E-state index in [1.165, 1.54) is 11.1 Å². The number of nitrogens with one attached hydrogen (secondary N) is 1. The molecule has 0 amide bonds. The van der Waals surface area contributed by atoms with Crippen molar-refractivity contribution in [3.05, 3.63) is 64.5 Å². The predicted octanol–water partition coefficient (Wildman–Crippen LogP) is 4.15. The molecule has 1 aromatic carbocycles. The maximum Gasteiger partial charge on any atom is 0.136 e. The molecule has 0 aliphatic carbocycles. The van der Waals surface area contributed by atoms with E-state index < -0.39 is 11.4 Å². The molecule has 23 heavy (non-hydrogen) atoms. The average Bonchev–Trinajstić information content (AvgIpc) is 2.44. The van der Waals surface area contributed by atoms with Crippen molar-refractivity contribution >= 4 is 11.4 Å². The number of benzene rings is 1. The second kappa shape index (κ2) is 7.04. The van der Waals surface area contributed by atoms with Gasteiger partial charge in [-0.2, -0.15) is 0 Å². The molecule has 1 N–H and O–H groups in total. The number of aromatic nitrogens is 1. The zero-order valence-electron chi connectivity index (χ0n) is 14.8. The molecule has 124 valence electrons. The van der Waals surface area contributed by atoms with Crippen LogP contribution >= 0.6 is 0 Å². The van der Waals surface area contributed by atoms with Gasteiger partial charge in [-0.1, -0.05) is 29.8 Å². The minimum absolute atomic E-state index is 0.185. The Morgan fingerprint density at radius 3 is 2.35 bits per heavy atom. The zero-order chi connectivity index (χ0) is 17.2. The summed E-state index contributed by atoms with van der Waals surface area (Å²) in [6, 6.07) is 12.1. The molecule has 1 heterocycles. The molecule has 1 aromatic heterocycles. The summed E-state index contributed by atoms with van der Waals surface area (Å²) in [5, 5.41) is 0. The third-order valence-corrected chi connectivity index (χ3v) is 5.29. The maximum atomic E-state index is 12.7. The van der Waals surface area contributed by atoms with Gasteiger partial charge in [0.25, 0.3) is 0 Å². The number of aryl methyl sites for hydroxylation is 3. The minimum Gasteiger partial charge on any atom is -0.598 e. The van der Waals surface area contributed by atoms with Crippen molar-refractivity contribution in [2.75, 3.05) is 0 Å². The Balaban J connectivity index is 2.47. The van der Waals surface area contributed by atoms with Gasteiger partial charge in [-0.25, -0.2) is 0 Å². The standard InChI is InChI=1S/C19H26N2OS/c1-13-10-11-16(14(2)12-13)18(21-23(22)19(4,5)6)17-9-7-8-15(3)20-17/h7-12,18,21H,1-6H3. The van der Waals surface area contributed by atoms with E-state index >= 15 is 0 Å². The molecule has 3 nitrogen and oxygen atoms in total. The Morgan fingerprint density at radius 1 is 1.09 bits per heavy atom. The summed E-state index contributed by atoms with van der Waals surface area (Å²) in [6.07, 6.45) is 0. The van der Waals surface area contributed by atoms with E-state index in [4.69, 9.17) is 0 Å². The summed E-state index contributed by atoms with van der Waals surface area (Å²) < 4.78 is 15.6. The second-order valence-electron chi connectivity index (χ2n) is 7.00. The fraction of sp³-hybridized carbons (Fsp3) is 0.421. The smallest absolute Gasteiger partial charge is 0.136 e. The van der Waals surface area contributed by atoms with E-state index in [9.17, 15) is 4.55 Å². The highest BCUT2D eigenvalue weighted by Gasteiger charge is 2.31. The summed E-state index contributed by atoms with van der Waals surface area (Å²) in [5.74, 6) is 0. The molecule has 0 aliphatic rings. The molecular weight excluding hydrogens is 304 g/mol. The first-order chi connectivity index (χ1) is 10.7. The fourth-order valence-electron chi connectivity index (χ4n) is 2.44. The van der Waals surface area contributed by atoms with Gasteiger partial charge in [-0.05, 0) is 64.8 Å². The highest BCUT2D eigenvalue weighted by atomic mass is 32.2. The topological polar surface area (TPSA) is 48.0 Å². The van der Waals surface area contributed by atoms with Crippen LogP contribution in [0.3, 0.4) is 0 Å². The Hall–Kier alpha value is -1.36. The van der Waals surface area contributed by atoms with Crippen molar-refractivity contribution in [1.82, 2.24) is 9.71 Å². The Kier molecular flexibility index (Phi) is 5.50. The van der Waals surface area contributed by atoms with Crippen molar-refractivity contribution in [2.45, 2.75) is 52.3 Å². The normalized spacial score (nSPS) is 14.6. The van der Waals surface area contributed by atoms with Gasteiger partial charge in [-0.15, -0.1) is 4.72 Å². The summed E-state index contributed by atoms with van der Waals surface area (Å²) >= 11 is -1.18. The lowest BCUT2D eigenvalue weighted by Crippen LogP contribution is -2.42. The van der Waals surface area contributed by atoms with Gasteiger partial charge in [0.1, 0.15) is 10.8 Å². The van der Waals surface area contributed by atoms with E-state index in [0.717, 1.165) is 17.0 Å². The highest BCUT2D eigenvalue weighted by molar-refractivity contribution is 7.90. The van der Waals surface area contributed by atoms with Crippen LogP contribution in [0.5, 0.6) is 0 Å². The van der Waals surface area contributed by atoms with Gasteiger partial charge in [0.05, 0.1) is 5.69 Å². The van der Waals surface area contributed by atoms with Gasteiger partial charge in [0, 0.05) is 17.1 Å². The Bertz CT molecular complexity index is 679. The van der Waals surface area contributed by atoms with Crippen LogP contribution in [0, 0.1) is 20.8 Å². The van der Waals surface area contributed by atoms with Crippen LogP contribution in [0.25, 0.3) is 0 Å². The minimum atomic E-state index is -1.18. The molecular formula is C19H26N2OS. The van der Waals surface area contributed by atoms with Crippen LogP contribution in [-0.2, 0) is 11.4 Å². The number of hydrogen-bond donors (Lipinski definition) is 1. The lowest BCUT2D eigenvalue weighted by molar-refractivity contribution is 0.533. The van der Waals surface area contributed by atoms with Crippen LogP contribution in [0.4, 0.5) is 0 Å². The van der Waals surface area contributed by atoms with E-state index in [2.05, 4.69) is 41.8 Å². The van der Waals surface area contributed by atoms with Crippen molar-refractivity contribution < 1.29 is 4.55 Å². The van der Waals surface area contributed by atoms with Crippen molar-refractivity contribution in [2.24, 2.45) is 0 Å². The molecule has 2 unspecified atom stereocenters. The van der Waals surface area contributed by atoms with Crippen molar-refractivity contribution in [3.63, 3.8) is 0 Å². The van der Waals surface area contributed by atoms with Crippen molar-refractivity contribution in [1.29, 1.82) is 0 Å². The lowest BCUT2D eigenvalue weighted by atomic mass is 9.97. The number of rotatable bonds is 4. The largest absolute Gasteiger partial charge is 0.598 e. The van der Waals surface area contributed by atoms with E-state index in [0.29, 0.717) is 0 Å². The lowest BCUT2D eigenvalue weighted by Gasteiger charge is -2.28. The molecule has 4 heteroatoms. The molecule has 0 aliphatic heterocycles. The van der Waals surface area contributed by atoms with Gasteiger partial charge in [0.2, 0.25) is 0 Å². The van der Waals surface area contributed by atoms with E-state index in [1.807, 2.05) is 45.9 Å². The quantitative estimate of drug-likeness (QED) is 0.857. The molecule has 0 saturated carbocycles. The van der Waals surface area contributed by atoms with Gasteiger partial charge in [-0.3, -0.25) is 4.98 Å². The number of hydrogen-bond acceptors (Lipinski definition) is 3. The van der Waals surface area contributed by atoms with Crippen LogP contribution in [0.2, 0.25) is 0 Å².